The van der Waals surface area contributed by atoms with Gasteiger partial charge >= 0.3 is 0 Å². The molecule has 0 amide bonds. The normalized spacial score (nSPS) is 10.8. The first-order chi connectivity index (χ1) is 9.10. The Morgan fingerprint density at radius 3 is 2.68 bits per heavy atom. The maximum absolute atomic E-state index is 13.7. The molecular weight excluding hydrogens is 249 g/mol. The van der Waals surface area contributed by atoms with Crippen molar-refractivity contribution in [3.63, 3.8) is 0 Å². The maximum Gasteiger partial charge on any atom is 0.170 e. The third kappa shape index (κ3) is 4.61. The zero-order valence-electron chi connectivity index (χ0n) is 11.6. The highest BCUT2D eigenvalue weighted by Gasteiger charge is 2.17. The van der Waals surface area contributed by atoms with Crippen molar-refractivity contribution in [1.82, 2.24) is 4.90 Å². The number of rotatable bonds is 8. The predicted octanol–water partition coefficient (Wildman–Crippen LogP) is 1.99. The van der Waals surface area contributed by atoms with Crippen molar-refractivity contribution in [3.8, 4) is 5.75 Å². The van der Waals surface area contributed by atoms with Gasteiger partial charge in [0, 0.05) is 26.6 Å². The first-order valence-corrected chi connectivity index (χ1v) is 6.13. The average Bonchev–Trinajstić information content (AvgIpc) is 2.42. The molecular formula is C14H20FNO3. The number of carbonyl (C=O) groups excluding carboxylic acids is 1. The molecule has 0 aliphatic carbocycles. The summed E-state index contributed by atoms with van der Waals surface area (Å²) >= 11 is 0. The highest BCUT2D eigenvalue weighted by molar-refractivity contribution is 5.99. The number of nitrogens with zero attached hydrogens (tertiary/aromatic N) is 1. The zero-order chi connectivity index (χ0) is 14.3. The molecule has 0 bridgehead atoms. The second-order valence-electron chi connectivity index (χ2n) is 4.29. The number of ether oxygens (including phenoxy) is 2. The van der Waals surface area contributed by atoms with Gasteiger partial charge in [-0.1, -0.05) is 6.07 Å². The molecule has 0 heterocycles. The summed E-state index contributed by atoms with van der Waals surface area (Å²) in [4.78, 5) is 14.0. The van der Waals surface area contributed by atoms with Crippen molar-refractivity contribution < 1.29 is 18.7 Å². The van der Waals surface area contributed by atoms with Gasteiger partial charge < -0.3 is 14.4 Å². The first kappa shape index (κ1) is 15.6. The molecule has 0 aliphatic heterocycles. The lowest BCUT2D eigenvalue weighted by Gasteiger charge is -2.16. The van der Waals surface area contributed by atoms with Gasteiger partial charge in [-0.15, -0.1) is 0 Å². The fourth-order valence-electron chi connectivity index (χ4n) is 1.72. The smallest absolute Gasteiger partial charge is 0.170 e. The fraction of sp³-hybridized carbons (Fsp3) is 0.500. The van der Waals surface area contributed by atoms with Gasteiger partial charge in [0.2, 0.25) is 0 Å². The van der Waals surface area contributed by atoms with Crippen LogP contribution in [0.5, 0.6) is 5.75 Å². The minimum atomic E-state index is -0.538. The third-order valence-corrected chi connectivity index (χ3v) is 2.87. The summed E-state index contributed by atoms with van der Waals surface area (Å²) in [6.45, 7) is 1.89. The SMILES string of the molecule is COCCN(C)CCC(=O)c1c(F)cccc1OC. The van der Waals surface area contributed by atoms with Crippen LogP contribution in [0.1, 0.15) is 16.8 Å². The van der Waals surface area contributed by atoms with Gasteiger partial charge in [0.05, 0.1) is 19.3 Å². The summed E-state index contributed by atoms with van der Waals surface area (Å²) in [6.07, 6.45) is 0.248. The minimum Gasteiger partial charge on any atom is -0.496 e. The average molecular weight is 269 g/mol. The Labute approximate surface area is 113 Å². The molecule has 0 radical (unpaired) electrons. The summed E-state index contributed by atoms with van der Waals surface area (Å²) in [7, 11) is 4.95. The van der Waals surface area contributed by atoms with Crippen molar-refractivity contribution in [2.75, 3.05) is 41.0 Å². The fourth-order valence-corrected chi connectivity index (χ4v) is 1.72. The first-order valence-electron chi connectivity index (χ1n) is 6.13. The molecule has 0 aromatic heterocycles. The molecule has 1 aromatic rings. The van der Waals surface area contributed by atoms with Crippen LogP contribution in [0.25, 0.3) is 0 Å². The molecule has 4 nitrogen and oxygen atoms in total. The molecule has 0 N–H and O–H groups in total. The Bertz CT molecular complexity index is 423. The van der Waals surface area contributed by atoms with Gasteiger partial charge in [-0.25, -0.2) is 4.39 Å². The lowest BCUT2D eigenvalue weighted by atomic mass is 10.1. The van der Waals surface area contributed by atoms with E-state index in [1.165, 1.54) is 19.2 Å². The van der Waals surface area contributed by atoms with E-state index in [4.69, 9.17) is 9.47 Å². The number of likely N-dealkylation sites (N-methyl/N-ethyl adjacent to an activating group) is 1. The lowest BCUT2D eigenvalue weighted by molar-refractivity contribution is 0.0953. The van der Waals surface area contributed by atoms with Gasteiger partial charge in [0.15, 0.2) is 5.78 Å². The molecule has 0 atom stereocenters. The van der Waals surface area contributed by atoms with Crippen LogP contribution in [0.2, 0.25) is 0 Å². The Morgan fingerprint density at radius 2 is 2.05 bits per heavy atom. The quantitative estimate of drug-likeness (QED) is 0.676. The van der Waals surface area contributed by atoms with Crippen LogP contribution in [0, 0.1) is 5.82 Å². The van der Waals surface area contributed by atoms with Crippen molar-refractivity contribution in [1.29, 1.82) is 0 Å². The van der Waals surface area contributed by atoms with E-state index in [9.17, 15) is 9.18 Å². The molecule has 1 aromatic carbocycles. The van der Waals surface area contributed by atoms with E-state index in [1.807, 2.05) is 11.9 Å². The van der Waals surface area contributed by atoms with Gasteiger partial charge in [-0.2, -0.15) is 0 Å². The van der Waals surface area contributed by atoms with Crippen molar-refractivity contribution in [3.05, 3.63) is 29.6 Å². The maximum atomic E-state index is 13.7. The summed E-state index contributed by atoms with van der Waals surface area (Å²) < 4.78 is 23.7. The predicted molar refractivity (Wildman–Crippen MR) is 71.3 cm³/mol. The highest BCUT2D eigenvalue weighted by atomic mass is 19.1. The molecule has 0 spiro atoms. The molecule has 1 rings (SSSR count). The number of methoxy groups -OCH3 is 2. The van der Waals surface area contributed by atoms with Crippen LogP contribution in [-0.4, -0.2) is 51.6 Å². The molecule has 0 unspecified atom stereocenters. The van der Waals surface area contributed by atoms with Crippen molar-refractivity contribution in [2.45, 2.75) is 6.42 Å². The summed E-state index contributed by atoms with van der Waals surface area (Å²) in [5, 5.41) is 0. The van der Waals surface area contributed by atoms with E-state index in [2.05, 4.69) is 0 Å². The highest BCUT2D eigenvalue weighted by Crippen LogP contribution is 2.22. The summed E-state index contributed by atoms with van der Waals surface area (Å²) in [5.41, 5.74) is 0.0325. The van der Waals surface area contributed by atoms with Crippen LogP contribution < -0.4 is 4.74 Å². The van der Waals surface area contributed by atoms with Crippen LogP contribution in [0.15, 0.2) is 18.2 Å². The van der Waals surface area contributed by atoms with Gasteiger partial charge in [0.1, 0.15) is 11.6 Å². The molecule has 5 heteroatoms. The van der Waals surface area contributed by atoms with Crippen molar-refractivity contribution in [2.24, 2.45) is 0 Å². The summed E-state index contributed by atoms with van der Waals surface area (Å²) in [6, 6.07) is 4.38. The Morgan fingerprint density at radius 1 is 1.32 bits per heavy atom. The number of halogens is 1. The van der Waals surface area contributed by atoms with Gasteiger partial charge in [-0.05, 0) is 19.2 Å². The number of ketones is 1. The zero-order valence-corrected chi connectivity index (χ0v) is 11.6. The van der Waals surface area contributed by atoms with Crippen molar-refractivity contribution >= 4 is 5.78 Å². The van der Waals surface area contributed by atoms with Crippen LogP contribution in [0.3, 0.4) is 0 Å². The Hall–Kier alpha value is -1.46. The topological polar surface area (TPSA) is 38.8 Å². The standard InChI is InChI=1S/C14H20FNO3/c1-16(9-10-18-2)8-7-12(17)14-11(15)5-4-6-13(14)19-3/h4-6H,7-10H2,1-3H3. The molecule has 0 saturated heterocycles. The second-order valence-corrected chi connectivity index (χ2v) is 4.29. The third-order valence-electron chi connectivity index (χ3n) is 2.87. The monoisotopic (exact) mass is 269 g/mol. The molecule has 0 fully saturated rings. The number of hydrogen-bond donors (Lipinski definition) is 0. The minimum absolute atomic E-state index is 0.0325. The van der Waals surface area contributed by atoms with Crippen LogP contribution >= 0.6 is 0 Å². The van der Waals surface area contributed by atoms with Gasteiger partial charge in [0.25, 0.3) is 0 Å². The Kier molecular flexibility index (Phi) is 6.45. The van der Waals surface area contributed by atoms with E-state index in [1.54, 1.807) is 13.2 Å². The molecule has 0 saturated carbocycles. The van der Waals surface area contributed by atoms with E-state index < -0.39 is 5.82 Å². The largest absolute Gasteiger partial charge is 0.496 e. The molecule has 106 valence electrons. The lowest BCUT2D eigenvalue weighted by Crippen LogP contribution is -2.25. The molecule has 19 heavy (non-hydrogen) atoms. The summed E-state index contributed by atoms with van der Waals surface area (Å²) in [5.74, 6) is -0.507. The number of Topliss-reactive ketones (excluding diaryl/α,β-unsaturated/α-hetero) is 1. The van der Waals surface area contributed by atoms with E-state index >= 15 is 0 Å². The molecule has 0 aliphatic rings. The number of benzene rings is 1. The van der Waals surface area contributed by atoms with E-state index in [0.29, 0.717) is 13.2 Å². The van der Waals surface area contributed by atoms with E-state index in [0.717, 1.165) is 6.54 Å². The van der Waals surface area contributed by atoms with E-state index in [-0.39, 0.29) is 23.5 Å². The number of carbonyl (C=O) groups is 1. The van der Waals surface area contributed by atoms with Gasteiger partial charge in [-0.3, -0.25) is 4.79 Å². The number of hydrogen-bond acceptors (Lipinski definition) is 4. The Balaban J connectivity index is 2.63. The van der Waals surface area contributed by atoms with Crippen LogP contribution in [-0.2, 0) is 4.74 Å². The van der Waals surface area contributed by atoms with Crippen LogP contribution in [0.4, 0.5) is 4.39 Å². The second kappa shape index (κ2) is 7.86.